The Bertz CT molecular complexity index is 168. The lowest BCUT2D eigenvalue weighted by atomic mass is 10.5. The van der Waals surface area contributed by atoms with Gasteiger partial charge in [0, 0.05) is 0 Å². The molecular formula is C6H8O2S2. The van der Waals surface area contributed by atoms with Gasteiger partial charge in [0.2, 0.25) is 0 Å². The molecule has 0 aromatic rings. The maximum absolute atomic E-state index is 10.8. The van der Waals surface area contributed by atoms with Crippen LogP contribution in [0.15, 0.2) is 0 Å². The van der Waals surface area contributed by atoms with Gasteiger partial charge in [-0.3, -0.25) is 9.59 Å². The van der Waals surface area contributed by atoms with E-state index in [1.807, 2.05) is 13.8 Å². The van der Waals surface area contributed by atoms with Crippen molar-refractivity contribution < 1.29 is 9.59 Å². The minimum Gasteiger partial charge on any atom is -0.287 e. The van der Waals surface area contributed by atoms with Crippen LogP contribution in [0.4, 0.5) is 0 Å². The van der Waals surface area contributed by atoms with Crippen molar-refractivity contribution in [2.45, 2.75) is 24.3 Å². The third kappa shape index (κ3) is 2.02. The molecular weight excluding hydrogens is 168 g/mol. The second-order valence-electron chi connectivity index (χ2n) is 2.52. The average molecular weight is 176 g/mol. The molecule has 0 N–H and O–H groups in total. The Labute approximate surface area is 68.1 Å². The Balaban J connectivity index is 2.68. The second kappa shape index (κ2) is 2.58. The van der Waals surface area contributed by atoms with E-state index in [1.54, 1.807) is 0 Å². The Kier molecular flexibility index (Phi) is 2.10. The molecule has 0 radical (unpaired) electrons. The molecule has 0 saturated carbocycles. The van der Waals surface area contributed by atoms with Gasteiger partial charge in [0.25, 0.3) is 0 Å². The van der Waals surface area contributed by atoms with Gasteiger partial charge < -0.3 is 0 Å². The van der Waals surface area contributed by atoms with Gasteiger partial charge in [0.15, 0.2) is 10.2 Å². The molecule has 1 aliphatic rings. The molecule has 1 saturated heterocycles. The lowest BCUT2D eigenvalue weighted by Crippen LogP contribution is -2.22. The average Bonchev–Trinajstić information content (AvgIpc) is 1.54. The first-order valence-electron chi connectivity index (χ1n) is 2.93. The first-order chi connectivity index (χ1) is 4.49. The van der Waals surface area contributed by atoms with Crippen LogP contribution in [0.1, 0.15) is 20.3 Å². The highest BCUT2D eigenvalue weighted by Crippen LogP contribution is 2.42. The summed E-state index contributed by atoms with van der Waals surface area (Å²) in [6.45, 7) is 3.77. The molecule has 0 bridgehead atoms. The normalized spacial score (nSPS) is 25.0. The van der Waals surface area contributed by atoms with Gasteiger partial charge in [-0.2, -0.15) is 0 Å². The van der Waals surface area contributed by atoms with E-state index in [9.17, 15) is 9.59 Å². The van der Waals surface area contributed by atoms with Gasteiger partial charge in [0.1, 0.15) is 0 Å². The first kappa shape index (κ1) is 8.14. The molecule has 1 rings (SSSR count). The summed E-state index contributed by atoms with van der Waals surface area (Å²) in [5, 5.41) is -0.0116. The number of carbonyl (C=O) groups is 2. The molecule has 0 unspecified atom stereocenters. The predicted molar refractivity (Wildman–Crippen MR) is 43.9 cm³/mol. The van der Waals surface area contributed by atoms with E-state index < -0.39 is 0 Å². The Morgan fingerprint density at radius 1 is 1.20 bits per heavy atom. The molecule has 0 atom stereocenters. The molecule has 1 fully saturated rings. The highest BCUT2D eigenvalue weighted by atomic mass is 32.2. The maximum atomic E-state index is 10.8. The summed E-state index contributed by atoms with van der Waals surface area (Å²) in [7, 11) is 0. The zero-order valence-corrected chi connectivity index (χ0v) is 7.47. The number of hydrogen-bond donors (Lipinski definition) is 0. The predicted octanol–water partition coefficient (Wildman–Crippen LogP) is 1.65. The summed E-state index contributed by atoms with van der Waals surface area (Å²) in [5.74, 6) is 0. The lowest BCUT2D eigenvalue weighted by molar-refractivity contribution is -0.118. The van der Waals surface area contributed by atoms with Crippen LogP contribution in [0.5, 0.6) is 0 Å². The van der Waals surface area contributed by atoms with Crippen molar-refractivity contribution in [3.8, 4) is 0 Å². The summed E-state index contributed by atoms with van der Waals surface area (Å²) >= 11 is 2.50. The fraction of sp³-hybridized carbons (Fsp3) is 0.667. The van der Waals surface area contributed by atoms with Gasteiger partial charge in [-0.25, -0.2) is 0 Å². The smallest absolute Gasteiger partial charge is 0.198 e. The third-order valence-electron chi connectivity index (χ3n) is 1.01. The summed E-state index contributed by atoms with van der Waals surface area (Å²) < 4.78 is -0.244. The van der Waals surface area contributed by atoms with Crippen molar-refractivity contribution in [1.82, 2.24) is 0 Å². The molecule has 56 valence electrons. The molecule has 4 heteroatoms. The van der Waals surface area contributed by atoms with Gasteiger partial charge in [-0.15, -0.1) is 0 Å². The molecule has 2 nitrogen and oxygen atoms in total. The van der Waals surface area contributed by atoms with Crippen LogP contribution in [-0.2, 0) is 9.59 Å². The summed E-state index contributed by atoms with van der Waals surface area (Å²) in [5.41, 5.74) is 0. The van der Waals surface area contributed by atoms with Gasteiger partial charge in [-0.1, -0.05) is 23.5 Å². The second-order valence-corrected chi connectivity index (χ2v) is 6.14. The highest BCUT2D eigenvalue weighted by molar-refractivity contribution is 8.32. The van der Waals surface area contributed by atoms with Crippen molar-refractivity contribution >= 4 is 33.8 Å². The van der Waals surface area contributed by atoms with Crippen LogP contribution in [0.25, 0.3) is 0 Å². The molecule has 0 aromatic heterocycles. The maximum Gasteiger partial charge on any atom is 0.198 e. The number of thioether (sulfide) groups is 2. The standard InChI is InChI=1S/C6H8O2S2/c1-6(2)9-4(7)3-5(8)10-6/h3H2,1-2H3. The van der Waals surface area contributed by atoms with Crippen LogP contribution >= 0.6 is 23.5 Å². The van der Waals surface area contributed by atoms with Crippen LogP contribution in [0.3, 0.4) is 0 Å². The summed E-state index contributed by atoms with van der Waals surface area (Å²) in [6, 6.07) is 0. The molecule has 10 heavy (non-hydrogen) atoms. The van der Waals surface area contributed by atoms with E-state index in [1.165, 1.54) is 23.5 Å². The monoisotopic (exact) mass is 176 g/mol. The van der Waals surface area contributed by atoms with Crippen LogP contribution in [-0.4, -0.2) is 14.3 Å². The van der Waals surface area contributed by atoms with E-state index in [4.69, 9.17) is 0 Å². The number of rotatable bonds is 0. The van der Waals surface area contributed by atoms with Crippen molar-refractivity contribution in [3.63, 3.8) is 0 Å². The summed E-state index contributed by atoms with van der Waals surface area (Å²) in [4.78, 5) is 21.6. The van der Waals surface area contributed by atoms with E-state index >= 15 is 0 Å². The molecule has 0 amide bonds. The quantitative estimate of drug-likeness (QED) is 0.525. The molecule has 1 heterocycles. The summed E-state index contributed by atoms with van der Waals surface area (Å²) in [6.07, 6.45) is 0.0960. The minimum absolute atomic E-state index is 0.00579. The minimum atomic E-state index is -0.244. The van der Waals surface area contributed by atoms with Gasteiger partial charge in [0.05, 0.1) is 10.5 Å². The third-order valence-corrected chi connectivity index (χ3v) is 3.24. The Morgan fingerprint density at radius 3 is 1.90 bits per heavy atom. The largest absolute Gasteiger partial charge is 0.287 e. The number of carbonyl (C=O) groups excluding carboxylic acids is 2. The van der Waals surface area contributed by atoms with Crippen molar-refractivity contribution in [2.75, 3.05) is 0 Å². The van der Waals surface area contributed by atoms with Gasteiger partial charge >= 0.3 is 0 Å². The van der Waals surface area contributed by atoms with Crippen LogP contribution < -0.4 is 0 Å². The zero-order valence-electron chi connectivity index (χ0n) is 5.84. The topological polar surface area (TPSA) is 34.1 Å². The fourth-order valence-corrected chi connectivity index (χ4v) is 3.08. The van der Waals surface area contributed by atoms with E-state index in [-0.39, 0.29) is 20.7 Å². The van der Waals surface area contributed by atoms with Crippen molar-refractivity contribution in [3.05, 3.63) is 0 Å². The zero-order chi connectivity index (χ0) is 7.78. The Hall–Kier alpha value is 0.0400. The van der Waals surface area contributed by atoms with E-state index in [0.29, 0.717) is 0 Å². The SMILES string of the molecule is CC1(C)SC(=O)CC(=O)S1. The number of hydrogen-bond acceptors (Lipinski definition) is 4. The van der Waals surface area contributed by atoms with E-state index in [0.717, 1.165) is 0 Å². The van der Waals surface area contributed by atoms with Crippen molar-refractivity contribution in [2.24, 2.45) is 0 Å². The molecule has 1 aliphatic heterocycles. The highest BCUT2D eigenvalue weighted by Gasteiger charge is 2.33. The van der Waals surface area contributed by atoms with Crippen LogP contribution in [0.2, 0.25) is 0 Å². The molecule has 0 aromatic carbocycles. The fourth-order valence-electron chi connectivity index (χ4n) is 0.759. The van der Waals surface area contributed by atoms with Crippen molar-refractivity contribution in [1.29, 1.82) is 0 Å². The van der Waals surface area contributed by atoms with E-state index in [2.05, 4.69) is 0 Å². The molecule has 0 aliphatic carbocycles. The van der Waals surface area contributed by atoms with Gasteiger partial charge in [-0.05, 0) is 13.8 Å². The lowest BCUT2D eigenvalue weighted by Gasteiger charge is -2.24. The van der Waals surface area contributed by atoms with Crippen LogP contribution in [0, 0.1) is 0 Å². The Morgan fingerprint density at radius 2 is 1.60 bits per heavy atom. The first-order valence-corrected chi connectivity index (χ1v) is 4.56. The molecule has 0 spiro atoms.